The van der Waals surface area contributed by atoms with Gasteiger partial charge < -0.3 is 10.3 Å². The first kappa shape index (κ1) is 12.1. The molecule has 90 valence electrons. The van der Waals surface area contributed by atoms with E-state index in [1.54, 1.807) is 23.9 Å². The molecule has 0 aliphatic carbocycles. The fourth-order valence-electron chi connectivity index (χ4n) is 1.27. The van der Waals surface area contributed by atoms with Crippen LogP contribution in [0.3, 0.4) is 0 Å². The maximum Gasteiger partial charge on any atom is 0.257 e. The van der Waals surface area contributed by atoms with Crippen LogP contribution in [0.15, 0.2) is 28.8 Å². The number of hydrogen-bond donors (Lipinski definition) is 1. The molecule has 0 saturated heterocycles. The van der Waals surface area contributed by atoms with Crippen LogP contribution >= 0.6 is 11.8 Å². The maximum absolute atomic E-state index is 12.7. The minimum absolute atomic E-state index is 0.285. The average Bonchev–Trinajstić information content (AvgIpc) is 2.79. The van der Waals surface area contributed by atoms with Gasteiger partial charge in [-0.15, -0.1) is 0 Å². The van der Waals surface area contributed by atoms with Crippen LogP contribution < -0.4 is 5.73 Å². The molecule has 4 nitrogen and oxygen atoms in total. The van der Waals surface area contributed by atoms with Crippen molar-refractivity contribution in [2.75, 3.05) is 12.3 Å². The van der Waals surface area contributed by atoms with E-state index >= 15 is 0 Å². The van der Waals surface area contributed by atoms with Gasteiger partial charge in [-0.1, -0.05) is 5.16 Å². The van der Waals surface area contributed by atoms with E-state index in [0.29, 0.717) is 29.6 Å². The van der Waals surface area contributed by atoms with Gasteiger partial charge in [0.15, 0.2) is 5.82 Å². The Bertz CT molecular complexity index is 472. The highest BCUT2D eigenvalue weighted by atomic mass is 32.2. The molecule has 1 aromatic carbocycles. The Morgan fingerprint density at radius 1 is 1.29 bits per heavy atom. The van der Waals surface area contributed by atoms with Crippen LogP contribution in [0, 0.1) is 5.82 Å². The molecular formula is C11H12FN3OS. The minimum Gasteiger partial charge on any atom is -0.334 e. The van der Waals surface area contributed by atoms with Gasteiger partial charge in [0, 0.05) is 17.9 Å². The first-order valence-corrected chi connectivity index (χ1v) is 6.31. The largest absolute Gasteiger partial charge is 0.334 e. The third kappa shape index (κ3) is 3.28. The van der Waals surface area contributed by atoms with Gasteiger partial charge in [-0.2, -0.15) is 16.7 Å². The van der Waals surface area contributed by atoms with Crippen LogP contribution in [0.2, 0.25) is 0 Å². The molecule has 2 rings (SSSR count). The van der Waals surface area contributed by atoms with Gasteiger partial charge in [-0.05, 0) is 24.3 Å². The van der Waals surface area contributed by atoms with Crippen LogP contribution in [-0.4, -0.2) is 22.4 Å². The fourth-order valence-corrected chi connectivity index (χ4v) is 1.88. The van der Waals surface area contributed by atoms with Crippen molar-refractivity contribution in [2.45, 2.75) is 5.75 Å². The summed E-state index contributed by atoms with van der Waals surface area (Å²) in [6.07, 6.45) is 0. The standard InChI is InChI=1S/C11H12FN3OS/c12-9-3-1-8(2-4-9)11-14-10(15-16-11)7-17-6-5-13/h1-4H,5-7,13H2. The first-order valence-electron chi connectivity index (χ1n) is 5.16. The Hall–Kier alpha value is -1.40. The van der Waals surface area contributed by atoms with Crippen molar-refractivity contribution in [1.29, 1.82) is 0 Å². The summed E-state index contributed by atoms with van der Waals surface area (Å²) in [6, 6.07) is 5.95. The predicted molar refractivity (Wildman–Crippen MR) is 64.9 cm³/mol. The lowest BCUT2D eigenvalue weighted by atomic mass is 10.2. The highest BCUT2D eigenvalue weighted by Gasteiger charge is 2.08. The Morgan fingerprint density at radius 3 is 2.76 bits per heavy atom. The number of benzene rings is 1. The summed E-state index contributed by atoms with van der Waals surface area (Å²) < 4.78 is 17.8. The van der Waals surface area contributed by atoms with E-state index in [1.165, 1.54) is 12.1 Å². The summed E-state index contributed by atoms with van der Waals surface area (Å²) in [5.74, 6) is 2.28. The van der Waals surface area contributed by atoms with Crippen LogP contribution in [0.25, 0.3) is 11.5 Å². The first-order chi connectivity index (χ1) is 8.29. The monoisotopic (exact) mass is 253 g/mol. The molecule has 1 heterocycles. The number of thioether (sulfide) groups is 1. The van der Waals surface area contributed by atoms with Gasteiger partial charge in [0.1, 0.15) is 5.82 Å². The summed E-state index contributed by atoms with van der Waals surface area (Å²) in [7, 11) is 0. The molecule has 0 amide bonds. The molecule has 6 heteroatoms. The number of nitrogens with two attached hydrogens (primary N) is 1. The topological polar surface area (TPSA) is 64.9 Å². The summed E-state index contributed by atoms with van der Waals surface area (Å²) in [4.78, 5) is 4.22. The van der Waals surface area contributed by atoms with E-state index in [9.17, 15) is 4.39 Å². The maximum atomic E-state index is 12.7. The number of nitrogens with zero attached hydrogens (tertiary/aromatic N) is 2. The lowest BCUT2D eigenvalue weighted by Crippen LogP contribution is -2.01. The lowest BCUT2D eigenvalue weighted by Gasteiger charge is -1.93. The zero-order valence-electron chi connectivity index (χ0n) is 9.10. The molecule has 0 aliphatic rings. The molecule has 17 heavy (non-hydrogen) atoms. The van der Waals surface area contributed by atoms with Crippen LogP contribution in [0.4, 0.5) is 4.39 Å². The predicted octanol–water partition coefficient (Wildman–Crippen LogP) is 2.07. The number of hydrogen-bond acceptors (Lipinski definition) is 5. The normalized spacial score (nSPS) is 10.7. The summed E-state index contributed by atoms with van der Waals surface area (Å²) >= 11 is 1.65. The van der Waals surface area contributed by atoms with Gasteiger partial charge in [0.05, 0.1) is 5.75 Å². The molecule has 2 aromatic rings. The van der Waals surface area contributed by atoms with E-state index in [1.807, 2.05) is 0 Å². The third-order valence-electron chi connectivity index (χ3n) is 2.05. The smallest absolute Gasteiger partial charge is 0.257 e. The van der Waals surface area contributed by atoms with Crippen molar-refractivity contribution in [1.82, 2.24) is 10.1 Å². The Labute approximate surface area is 102 Å². The number of rotatable bonds is 5. The second-order valence-corrected chi connectivity index (χ2v) is 4.47. The quantitative estimate of drug-likeness (QED) is 0.826. The van der Waals surface area contributed by atoms with Crippen molar-refractivity contribution in [3.05, 3.63) is 35.9 Å². The van der Waals surface area contributed by atoms with Crippen LogP contribution in [0.1, 0.15) is 5.82 Å². The van der Waals surface area contributed by atoms with E-state index in [4.69, 9.17) is 10.3 Å². The van der Waals surface area contributed by atoms with Crippen molar-refractivity contribution < 1.29 is 8.91 Å². The van der Waals surface area contributed by atoms with Gasteiger partial charge in [0.25, 0.3) is 5.89 Å². The van der Waals surface area contributed by atoms with Crippen LogP contribution in [0.5, 0.6) is 0 Å². The van der Waals surface area contributed by atoms with Gasteiger partial charge >= 0.3 is 0 Å². The van der Waals surface area contributed by atoms with Crippen molar-refractivity contribution >= 4 is 11.8 Å². The van der Waals surface area contributed by atoms with Gasteiger partial charge in [-0.25, -0.2) is 4.39 Å². The molecule has 0 spiro atoms. The summed E-state index contributed by atoms with van der Waals surface area (Å²) in [5.41, 5.74) is 6.10. The molecule has 0 fully saturated rings. The van der Waals surface area contributed by atoms with E-state index < -0.39 is 0 Å². The van der Waals surface area contributed by atoms with Crippen molar-refractivity contribution in [3.8, 4) is 11.5 Å². The Balaban J connectivity index is 2.04. The second-order valence-electron chi connectivity index (χ2n) is 3.36. The SMILES string of the molecule is NCCSCc1noc(-c2ccc(F)cc2)n1. The molecule has 1 aromatic heterocycles. The minimum atomic E-state index is -0.285. The van der Waals surface area contributed by atoms with Gasteiger partial charge in [0.2, 0.25) is 0 Å². The fraction of sp³-hybridized carbons (Fsp3) is 0.273. The molecule has 0 saturated carbocycles. The Kier molecular flexibility index (Phi) is 4.11. The van der Waals surface area contributed by atoms with E-state index in [-0.39, 0.29) is 5.82 Å². The molecule has 0 bridgehead atoms. The van der Waals surface area contributed by atoms with Crippen LogP contribution in [-0.2, 0) is 5.75 Å². The molecule has 2 N–H and O–H groups in total. The zero-order chi connectivity index (χ0) is 12.1. The van der Waals surface area contributed by atoms with Crippen molar-refractivity contribution in [3.63, 3.8) is 0 Å². The van der Waals surface area contributed by atoms with Gasteiger partial charge in [-0.3, -0.25) is 0 Å². The molecule has 0 atom stereocenters. The van der Waals surface area contributed by atoms with E-state index in [0.717, 1.165) is 5.75 Å². The summed E-state index contributed by atoms with van der Waals surface area (Å²) in [5, 5.41) is 3.85. The molecule has 0 radical (unpaired) electrons. The van der Waals surface area contributed by atoms with E-state index in [2.05, 4.69) is 10.1 Å². The lowest BCUT2D eigenvalue weighted by molar-refractivity contribution is 0.425. The third-order valence-corrected chi connectivity index (χ3v) is 3.04. The Morgan fingerprint density at radius 2 is 2.06 bits per heavy atom. The molecule has 0 unspecified atom stereocenters. The number of halogens is 1. The zero-order valence-corrected chi connectivity index (χ0v) is 9.91. The molecule has 0 aliphatic heterocycles. The van der Waals surface area contributed by atoms with Crippen molar-refractivity contribution in [2.24, 2.45) is 5.73 Å². The molecular weight excluding hydrogens is 241 g/mol. The highest BCUT2D eigenvalue weighted by molar-refractivity contribution is 7.98. The summed E-state index contributed by atoms with van der Waals surface area (Å²) in [6.45, 7) is 0.632. The highest BCUT2D eigenvalue weighted by Crippen LogP contribution is 2.18. The number of aromatic nitrogens is 2. The average molecular weight is 253 g/mol. The second kappa shape index (κ2) is 5.79.